The largest absolute Gasteiger partial charge is 0.493 e. The van der Waals surface area contributed by atoms with E-state index in [0.29, 0.717) is 22.6 Å². The Hall–Kier alpha value is -1.03. The molecule has 0 amide bonds. The van der Waals surface area contributed by atoms with Crippen molar-refractivity contribution in [2.24, 2.45) is 0 Å². The van der Waals surface area contributed by atoms with Gasteiger partial charge in [0.1, 0.15) is 18.1 Å². The van der Waals surface area contributed by atoms with Crippen LogP contribution in [0.1, 0.15) is 23.5 Å². The van der Waals surface area contributed by atoms with Crippen molar-refractivity contribution in [1.82, 2.24) is 0 Å². The highest BCUT2D eigenvalue weighted by atomic mass is 35.5. The van der Waals surface area contributed by atoms with Crippen molar-refractivity contribution in [2.75, 3.05) is 12.4 Å². The molecule has 0 fully saturated rings. The number of halogens is 2. The third kappa shape index (κ3) is 3.48. The highest BCUT2D eigenvalue weighted by molar-refractivity contribution is 7.80. The Bertz CT molecular complexity index is 676. The number of fused-ring (bicyclic) bond motifs is 1. The minimum atomic E-state index is 0.398. The maximum absolute atomic E-state index is 6.15. The average molecular weight is 355 g/mol. The molecule has 0 spiro atoms. The Morgan fingerprint density at radius 1 is 1.18 bits per heavy atom. The van der Waals surface area contributed by atoms with Crippen LogP contribution in [-0.2, 0) is 6.61 Å². The van der Waals surface area contributed by atoms with E-state index in [4.69, 9.17) is 32.7 Å². The molecule has 1 heterocycles. The second kappa shape index (κ2) is 7.03. The summed E-state index contributed by atoms with van der Waals surface area (Å²) < 4.78 is 11.5. The summed E-state index contributed by atoms with van der Waals surface area (Å²) in [5.74, 6) is 2.98. The van der Waals surface area contributed by atoms with E-state index in [0.717, 1.165) is 35.8 Å². The fourth-order valence-electron chi connectivity index (χ4n) is 2.54. The van der Waals surface area contributed by atoms with Crippen molar-refractivity contribution in [1.29, 1.82) is 0 Å². The molecular weight excluding hydrogens is 339 g/mol. The molecular formula is C17H16Cl2O2S. The van der Waals surface area contributed by atoms with Crippen LogP contribution in [0.2, 0.25) is 10.0 Å². The molecule has 3 rings (SSSR count). The normalized spacial score (nSPS) is 16.2. The molecule has 2 nitrogen and oxygen atoms in total. The fraction of sp³-hybridized carbons (Fsp3) is 0.294. The second-order valence-electron chi connectivity index (χ2n) is 5.24. The minimum Gasteiger partial charge on any atom is -0.493 e. The van der Waals surface area contributed by atoms with Crippen LogP contribution in [-0.4, -0.2) is 12.4 Å². The third-order valence-corrected chi connectivity index (χ3v) is 4.60. The molecule has 0 bridgehead atoms. The van der Waals surface area contributed by atoms with Crippen molar-refractivity contribution in [3.8, 4) is 11.5 Å². The summed E-state index contributed by atoms with van der Waals surface area (Å²) in [6.07, 6.45) is 1.02. The van der Waals surface area contributed by atoms with Gasteiger partial charge in [0.05, 0.1) is 6.61 Å². The van der Waals surface area contributed by atoms with Gasteiger partial charge in [-0.25, -0.2) is 0 Å². The smallest absolute Gasteiger partial charge is 0.126 e. The molecule has 22 heavy (non-hydrogen) atoms. The fourth-order valence-corrected chi connectivity index (χ4v) is 3.32. The van der Waals surface area contributed by atoms with E-state index >= 15 is 0 Å². The minimum absolute atomic E-state index is 0.398. The van der Waals surface area contributed by atoms with Gasteiger partial charge in [0.15, 0.2) is 0 Å². The molecule has 0 aromatic heterocycles. The Kier molecular flexibility index (Phi) is 5.07. The maximum atomic E-state index is 6.15. The van der Waals surface area contributed by atoms with Crippen LogP contribution in [0.5, 0.6) is 11.5 Å². The molecule has 2 aromatic carbocycles. The van der Waals surface area contributed by atoms with Crippen LogP contribution in [0.3, 0.4) is 0 Å². The lowest BCUT2D eigenvalue weighted by Gasteiger charge is -2.10. The summed E-state index contributed by atoms with van der Waals surface area (Å²) in [6.45, 7) is 1.12. The number of hydrogen-bond donors (Lipinski definition) is 1. The number of thiol groups is 1. The topological polar surface area (TPSA) is 18.5 Å². The predicted molar refractivity (Wildman–Crippen MR) is 93.9 cm³/mol. The number of hydrogen-bond acceptors (Lipinski definition) is 3. The molecule has 0 aliphatic carbocycles. The Labute approximate surface area is 145 Å². The molecule has 0 N–H and O–H groups in total. The SMILES string of the molecule is SCC[C@@H]1COc2cc(OCc3ccc(Cl)cc3Cl)ccc21. The van der Waals surface area contributed by atoms with Crippen LogP contribution in [0.15, 0.2) is 36.4 Å². The molecule has 1 aliphatic heterocycles. The van der Waals surface area contributed by atoms with Gasteiger partial charge in [-0.05, 0) is 30.4 Å². The van der Waals surface area contributed by atoms with Gasteiger partial charge < -0.3 is 9.47 Å². The number of benzene rings is 2. The Morgan fingerprint density at radius 2 is 2.05 bits per heavy atom. The van der Waals surface area contributed by atoms with Gasteiger partial charge >= 0.3 is 0 Å². The highest BCUT2D eigenvalue weighted by Crippen LogP contribution is 2.38. The molecule has 1 atom stereocenters. The molecule has 0 saturated carbocycles. The summed E-state index contributed by atoms with van der Waals surface area (Å²) in [5, 5.41) is 1.23. The molecule has 116 valence electrons. The van der Waals surface area contributed by atoms with Gasteiger partial charge in [-0.1, -0.05) is 35.3 Å². The third-order valence-electron chi connectivity index (χ3n) is 3.75. The summed E-state index contributed by atoms with van der Waals surface area (Å²) >= 11 is 16.3. The van der Waals surface area contributed by atoms with E-state index in [9.17, 15) is 0 Å². The first-order valence-corrected chi connectivity index (χ1v) is 8.50. The molecule has 5 heteroatoms. The van der Waals surface area contributed by atoms with Crippen LogP contribution < -0.4 is 9.47 Å². The average Bonchev–Trinajstić information content (AvgIpc) is 2.89. The predicted octanol–water partition coefficient (Wildman–Crippen LogP) is 5.37. The van der Waals surface area contributed by atoms with Gasteiger partial charge in [0, 0.05) is 33.2 Å². The van der Waals surface area contributed by atoms with E-state index in [1.54, 1.807) is 12.1 Å². The maximum Gasteiger partial charge on any atom is 0.126 e. The van der Waals surface area contributed by atoms with Crippen LogP contribution >= 0.6 is 35.8 Å². The Balaban J connectivity index is 1.69. The summed E-state index contributed by atoms with van der Waals surface area (Å²) in [4.78, 5) is 0. The first-order valence-electron chi connectivity index (χ1n) is 7.11. The molecule has 2 aromatic rings. The van der Waals surface area contributed by atoms with Gasteiger partial charge in [0.2, 0.25) is 0 Å². The lowest BCUT2D eigenvalue weighted by atomic mass is 9.99. The molecule has 0 saturated heterocycles. The zero-order valence-electron chi connectivity index (χ0n) is 11.9. The lowest BCUT2D eigenvalue weighted by Crippen LogP contribution is -2.00. The van der Waals surface area contributed by atoms with Crippen LogP contribution in [0.4, 0.5) is 0 Å². The van der Waals surface area contributed by atoms with Crippen LogP contribution in [0, 0.1) is 0 Å². The monoisotopic (exact) mass is 354 g/mol. The van der Waals surface area contributed by atoms with Gasteiger partial charge in [-0.3, -0.25) is 0 Å². The van der Waals surface area contributed by atoms with Crippen molar-refractivity contribution in [3.63, 3.8) is 0 Å². The van der Waals surface area contributed by atoms with Gasteiger partial charge in [-0.15, -0.1) is 0 Å². The van der Waals surface area contributed by atoms with Crippen molar-refractivity contribution < 1.29 is 9.47 Å². The summed E-state index contributed by atoms with van der Waals surface area (Å²) in [5.41, 5.74) is 2.14. The first-order chi connectivity index (χ1) is 10.7. The second-order valence-corrected chi connectivity index (χ2v) is 6.54. The van der Waals surface area contributed by atoms with Crippen LogP contribution in [0.25, 0.3) is 0 Å². The zero-order valence-corrected chi connectivity index (χ0v) is 14.3. The van der Waals surface area contributed by atoms with E-state index in [1.165, 1.54) is 5.56 Å². The lowest BCUT2D eigenvalue weighted by molar-refractivity contribution is 0.300. The highest BCUT2D eigenvalue weighted by Gasteiger charge is 2.23. The zero-order chi connectivity index (χ0) is 15.5. The van der Waals surface area contributed by atoms with Crippen molar-refractivity contribution >= 4 is 35.8 Å². The molecule has 0 unspecified atom stereocenters. The molecule has 0 radical (unpaired) electrons. The van der Waals surface area contributed by atoms with E-state index < -0.39 is 0 Å². The van der Waals surface area contributed by atoms with Gasteiger partial charge in [0.25, 0.3) is 0 Å². The Morgan fingerprint density at radius 3 is 2.82 bits per heavy atom. The standard InChI is InChI=1S/C17H16Cl2O2S/c18-13-2-1-12(16(19)7-13)10-20-14-3-4-15-11(5-6-22)9-21-17(15)8-14/h1-4,7-8,11,22H,5-6,9-10H2/t11-/m1/s1. The number of rotatable bonds is 5. The van der Waals surface area contributed by atoms with E-state index in [2.05, 4.69) is 18.7 Å². The number of ether oxygens (including phenoxy) is 2. The summed E-state index contributed by atoms with van der Waals surface area (Å²) in [6, 6.07) is 11.4. The molecule has 1 aliphatic rings. The van der Waals surface area contributed by atoms with Gasteiger partial charge in [-0.2, -0.15) is 12.6 Å². The van der Waals surface area contributed by atoms with Crippen molar-refractivity contribution in [2.45, 2.75) is 18.9 Å². The van der Waals surface area contributed by atoms with E-state index in [-0.39, 0.29) is 0 Å². The summed E-state index contributed by atoms with van der Waals surface area (Å²) in [7, 11) is 0. The quantitative estimate of drug-likeness (QED) is 0.727. The van der Waals surface area contributed by atoms with E-state index in [1.807, 2.05) is 18.2 Å². The first kappa shape index (κ1) is 15.9. The van der Waals surface area contributed by atoms with Crippen molar-refractivity contribution in [3.05, 3.63) is 57.6 Å².